The molecule has 0 spiro atoms. The first-order valence-electron chi connectivity index (χ1n) is 5.15. The molecule has 0 radical (unpaired) electrons. The van der Waals surface area contributed by atoms with Crippen LogP contribution in [0.2, 0.25) is 0 Å². The molecule has 0 aromatic carbocycles. The number of furan rings is 1. The highest BCUT2D eigenvalue weighted by molar-refractivity contribution is 7.89. The average molecular weight is 261 g/mol. The Bertz CT molecular complexity index is 465. The molecular formula is C10H15NO5S. The Morgan fingerprint density at radius 3 is 2.65 bits per heavy atom. The number of hydrogen-bond acceptors (Lipinski definition) is 4. The highest BCUT2D eigenvalue weighted by Crippen LogP contribution is 2.14. The molecule has 0 amide bonds. The van der Waals surface area contributed by atoms with E-state index in [-0.39, 0.29) is 10.8 Å². The summed E-state index contributed by atoms with van der Waals surface area (Å²) in [6.45, 7) is 3.48. The van der Waals surface area contributed by atoms with Crippen LogP contribution < -0.4 is 4.72 Å². The summed E-state index contributed by atoms with van der Waals surface area (Å²) in [6.07, 6.45) is 2.83. The van der Waals surface area contributed by atoms with Gasteiger partial charge in [-0.3, -0.25) is 4.79 Å². The molecule has 0 aliphatic heterocycles. The lowest BCUT2D eigenvalue weighted by atomic mass is 10.0. The summed E-state index contributed by atoms with van der Waals surface area (Å²) in [4.78, 5) is 10.9. The SMILES string of the molecule is CC[C@H](C)[C@H](NS(=O)(=O)c1ccoc1)C(=O)O. The number of rotatable bonds is 6. The van der Waals surface area contributed by atoms with E-state index in [0.717, 1.165) is 6.26 Å². The van der Waals surface area contributed by atoms with Gasteiger partial charge in [0, 0.05) is 0 Å². The third-order valence-corrected chi connectivity index (χ3v) is 3.98. The summed E-state index contributed by atoms with van der Waals surface area (Å²) in [5.74, 6) is -1.49. The van der Waals surface area contributed by atoms with E-state index in [2.05, 4.69) is 9.14 Å². The lowest BCUT2D eigenvalue weighted by molar-refractivity contribution is -0.140. The van der Waals surface area contributed by atoms with Crippen LogP contribution in [0.4, 0.5) is 0 Å². The zero-order valence-electron chi connectivity index (χ0n) is 9.58. The predicted octanol–water partition coefficient (Wildman–Crippen LogP) is 1.06. The molecule has 7 heteroatoms. The van der Waals surface area contributed by atoms with Crippen molar-refractivity contribution in [3.05, 3.63) is 18.6 Å². The molecule has 1 rings (SSSR count). The van der Waals surface area contributed by atoms with Gasteiger partial charge in [-0.2, -0.15) is 4.72 Å². The Labute approximate surface area is 99.7 Å². The molecule has 0 saturated heterocycles. The van der Waals surface area contributed by atoms with Crippen LogP contribution in [-0.4, -0.2) is 25.5 Å². The molecule has 0 aliphatic rings. The van der Waals surface area contributed by atoms with Crippen molar-refractivity contribution in [2.45, 2.75) is 31.2 Å². The van der Waals surface area contributed by atoms with Crippen LogP contribution in [0.15, 0.2) is 27.9 Å². The Morgan fingerprint density at radius 1 is 1.59 bits per heavy atom. The third-order valence-electron chi connectivity index (χ3n) is 2.57. The van der Waals surface area contributed by atoms with Crippen LogP contribution in [0.1, 0.15) is 20.3 Å². The monoisotopic (exact) mass is 261 g/mol. The molecule has 17 heavy (non-hydrogen) atoms. The second-order valence-electron chi connectivity index (χ2n) is 3.78. The molecule has 1 heterocycles. The first-order chi connectivity index (χ1) is 7.88. The summed E-state index contributed by atoms with van der Waals surface area (Å²) in [5, 5.41) is 8.99. The first kappa shape index (κ1) is 13.7. The highest BCUT2D eigenvalue weighted by Gasteiger charge is 2.29. The third kappa shape index (κ3) is 3.31. The average Bonchev–Trinajstić information content (AvgIpc) is 2.78. The van der Waals surface area contributed by atoms with Gasteiger partial charge in [-0.05, 0) is 12.0 Å². The minimum Gasteiger partial charge on any atom is -0.480 e. The van der Waals surface area contributed by atoms with Gasteiger partial charge < -0.3 is 9.52 Å². The van der Waals surface area contributed by atoms with E-state index in [0.29, 0.717) is 6.42 Å². The van der Waals surface area contributed by atoms with Gasteiger partial charge >= 0.3 is 5.97 Å². The Balaban J connectivity index is 2.92. The summed E-state index contributed by atoms with van der Waals surface area (Å²) in [5.41, 5.74) is 0. The molecule has 2 N–H and O–H groups in total. The lowest BCUT2D eigenvalue weighted by Crippen LogP contribution is -2.44. The quantitative estimate of drug-likeness (QED) is 0.798. The van der Waals surface area contributed by atoms with Crippen LogP contribution in [0, 0.1) is 5.92 Å². The fraction of sp³-hybridized carbons (Fsp3) is 0.500. The van der Waals surface area contributed by atoms with Crippen LogP contribution in [0.25, 0.3) is 0 Å². The van der Waals surface area contributed by atoms with Crippen molar-refractivity contribution in [1.29, 1.82) is 0 Å². The number of nitrogens with one attached hydrogen (secondary N) is 1. The van der Waals surface area contributed by atoms with Crippen LogP contribution >= 0.6 is 0 Å². The number of hydrogen-bond donors (Lipinski definition) is 2. The van der Waals surface area contributed by atoms with Crippen LogP contribution in [0.3, 0.4) is 0 Å². The fourth-order valence-electron chi connectivity index (χ4n) is 1.29. The van der Waals surface area contributed by atoms with Crippen molar-refractivity contribution >= 4 is 16.0 Å². The van der Waals surface area contributed by atoms with Crippen molar-refractivity contribution in [2.24, 2.45) is 5.92 Å². The van der Waals surface area contributed by atoms with E-state index in [1.54, 1.807) is 13.8 Å². The maximum atomic E-state index is 11.8. The maximum absolute atomic E-state index is 11.8. The summed E-state index contributed by atoms with van der Waals surface area (Å²) >= 11 is 0. The van der Waals surface area contributed by atoms with E-state index in [9.17, 15) is 13.2 Å². The second-order valence-corrected chi connectivity index (χ2v) is 5.50. The highest BCUT2D eigenvalue weighted by atomic mass is 32.2. The summed E-state index contributed by atoms with van der Waals surface area (Å²) in [6, 6.07) is 0.123. The number of carboxylic acids is 1. The van der Waals surface area contributed by atoms with Gasteiger partial charge in [-0.1, -0.05) is 20.3 Å². The molecule has 1 aromatic rings. The van der Waals surface area contributed by atoms with E-state index < -0.39 is 22.0 Å². The smallest absolute Gasteiger partial charge is 0.322 e. The van der Waals surface area contributed by atoms with Gasteiger partial charge in [0.15, 0.2) is 0 Å². The minimum atomic E-state index is -3.84. The second kappa shape index (κ2) is 5.33. The van der Waals surface area contributed by atoms with E-state index in [4.69, 9.17) is 5.11 Å². The largest absolute Gasteiger partial charge is 0.480 e. The topological polar surface area (TPSA) is 96.6 Å². The number of sulfonamides is 1. The lowest BCUT2D eigenvalue weighted by Gasteiger charge is -2.19. The van der Waals surface area contributed by atoms with Gasteiger partial charge in [0.1, 0.15) is 17.2 Å². The van der Waals surface area contributed by atoms with E-state index in [1.807, 2.05) is 0 Å². The molecular weight excluding hydrogens is 246 g/mol. The number of carbonyl (C=O) groups is 1. The van der Waals surface area contributed by atoms with Gasteiger partial charge in [0.05, 0.1) is 6.26 Å². The Hall–Kier alpha value is -1.34. The predicted molar refractivity (Wildman–Crippen MR) is 59.9 cm³/mol. The molecule has 96 valence electrons. The fourth-order valence-corrected chi connectivity index (χ4v) is 2.51. The van der Waals surface area contributed by atoms with Gasteiger partial charge in [0.25, 0.3) is 0 Å². The molecule has 6 nitrogen and oxygen atoms in total. The summed E-state index contributed by atoms with van der Waals surface area (Å²) in [7, 11) is -3.84. The molecule has 0 saturated carbocycles. The zero-order valence-corrected chi connectivity index (χ0v) is 10.4. The number of carboxylic acid groups (broad SMARTS) is 1. The van der Waals surface area contributed by atoms with Gasteiger partial charge in [-0.25, -0.2) is 8.42 Å². The molecule has 0 fully saturated rings. The van der Waals surface area contributed by atoms with Crippen LogP contribution in [-0.2, 0) is 14.8 Å². The normalized spacial score (nSPS) is 15.4. The zero-order chi connectivity index (χ0) is 13.1. The molecule has 0 bridgehead atoms. The molecule has 0 aliphatic carbocycles. The van der Waals surface area contributed by atoms with E-state index in [1.165, 1.54) is 12.3 Å². The Morgan fingerprint density at radius 2 is 2.24 bits per heavy atom. The minimum absolute atomic E-state index is 0.0768. The van der Waals surface area contributed by atoms with Crippen molar-refractivity contribution < 1.29 is 22.7 Å². The van der Waals surface area contributed by atoms with Crippen LogP contribution in [0.5, 0.6) is 0 Å². The van der Waals surface area contributed by atoms with Crippen molar-refractivity contribution in [3.8, 4) is 0 Å². The van der Waals surface area contributed by atoms with Crippen molar-refractivity contribution in [2.75, 3.05) is 0 Å². The molecule has 2 atom stereocenters. The molecule has 0 unspecified atom stereocenters. The van der Waals surface area contributed by atoms with Gasteiger partial charge in [0.2, 0.25) is 10.0 Å². The van der Waals surface area contributed by atoms with Gasteiger partial charge in [-0.15, -0.1) is 0 Å². The molecule has 1 aromatic heterocycles. The van der Waals surface area contributed by atoms with E-state index >= 15 is 0 Å². The number of aliphatic carboxylic acids is 1. The van der Waals surface area contributed by atoms with Crippen molar-refractivity contribution in [1.82, 2.24) is 4.72 Å². The standard InChI is InChI=1S/C10H15NO5S/c1-3-7(2)9(10(12)13)11-17(14,15)8-4-5-16-6-8/h4-7,9,11H,3H2,1-2H3,(H,12,13)/t7-,9-/m0/s1. The Kier molecular flexibility index (Phi) is 4.30. The summed E-state index contributed by atoms with van der Waals surface area (Å²) < 4.78 is 30.4. The maximum Gasteiger partial charge on any atom is 0.322 e. The van der Waals surface area contributed by atoms with Crippen molar-refractivity contribution in [3.63, 3.8) is 0 Å². The first-order valence-corrected chi connectivity index (χ1v) is 6.64.